The van der Waals surface area contributed by atoms with E-state index in [4.69, 9.17) is 11.6 Å². The normalized spacial score (nSPS) is 10.9. The second-order valence-electron chi connectivity index (χ2n) is 6.54. The number of aromatic amines is 2. The summed E-state index contributed by atoms with van der Waals surface area (Å²) in [5.74, 6) is 0. The molecule has 0 radical (unpaired) electrons. The van der Waals surface area contributed by atoms with Crippen LogP contribution in [0.25, 0.3) is 22.3 Å². The number of nitrogens with one attached hydrogen (secondary N) is 2. The molecule has 0 aliphatic carbocycles. The van der Waals surface area contributed by atoms with Gasteiger partial charge in [-0.15, -0.1) is 0 Å². The van der Waals surface area contributed by atoms with Gasteiger partial charge in [0.15, 0.2) is 0 Å². The van der Waals surface area contributed by atoms with Crippen molar-refractivity contribution in [2.75, 3.05) is 0 Å². The zero-order chi connectivity index (χ0) is 19.7. The zero-order valence-electron chi connectivity index (χ0n) is 15.1. The van der Waals surface area contributed by atoms with E-state index < -0.39 is 11.2 Å². The van der Waals surface area contributed by atoms with Crippen molar-refractivity contribution in [1.29, 1.82) is 0 Å². The predicted molar refractivity (Wildman–Crippen MR) is 110 cm³/mol. The molecule has 3 aromatic heterocycles. The minimum absolute atomic E-state index is 0.369. The highest BCUT2D eigenvalue weighted by Gasteiger charge is 2.10. The van der Waals surface area contributed by atoms with Crippen LogP contribution in [-0.2, 0) is 6.54 Å². The van der Waals surface area contributed by atoms with E-state index in [2.05, 4.69) is 19.5 Å². The molecule has 6 nitrogen and oxygen atoms in total. The Kier molecular flexibility index (Phi) is 4.71. The molecule has 4 rings (SSSR count). The average molecular weight is 393 g/mol. The Hall–Kier alpha value is -3.38. The molecule has 0 fully saturated rings. The number of pyridine rings is 1. The van der Waals surface area contributed by atoms with Crippen molar-refractivity contribution in [3.05, 3.63) is 98.3 Å². The van der Waals surface area contributed by atoms with Crippen molar-refractivity contribution in [3.8, 4) is 22.3 Å². The fraction of sp³-hybridized carbons (Fsp3) is 0.0952. The minimum atomic E-state index is -0.534. The van der Waals surface area contributed by atoms with Crippen LogP contribution in [0.15, 0.2) is 70.8 Å². The number of benzene rings is 1. The topological polar surface area (TPSA) is 83.5 Å². The summed E-state index contributed by atoms with van der Waals surface area (Å²) in [5.41, 5.74) is 3.97. The van der Waals surface area contributed by atoms with Crippen LogP contribution in [0.2, 0.25) is 5.02 Å². The van der Waals surface area contributed by atoms with Crippen LogP contribution in [0.1, 0.15) is 11.3 Å². The molecule has 0 aliphatic heterocycles. The van der Waals surface area contributed by atoms with E-state index in [0.717, 1.165) is 28.9 Å². The van der Waals surface area contributed by atoms with E-state index in [-0.39, 0.29) is 0 Å². The van der Waals surface area contributed by atoms with Gasteiger partial charge in [-0.1, -0.05) is 23.7 Å². The van der Waals surface area contributed by atoms with Gasteiger partial charge in [-0.2, -0.15) is 0 Å². The Morgan fingerprint density at radius 1 is 1.07 bits per heavy atom. The van der Waals surface area contributed by atoms with E-state index in [1.807, 2.05) is 55.7 Å². The molecule has 0 atom stereocenters. The fourth-order valence-electron chi connectivity index (χ4n) is 3.10. The quantitative estimate of drug-likeness (QED) is 0.556. The highest BCUT2D eigenvalue weighted by atomic mass is 35.5. The maximum absolute atomic E-state index is 12.1. The molecule has 28 heavy (non-hydrogen) atoms. The number of halogens is 1. The third-order valence-corrected chi connectivity index (χ3v) is 4.81. The van der Waals surface area contributed by atoms with Crippen LogP contribution >= 0.6 is 11.6 Å². The van der Waals surface area contributed by atoms with Gasteiger partial charge in [0.1, 0.15) is 0 Å². The highest BCUT2D eigenvalue weighted by molar-refractivity contribution is 6.30. The van der Waals surface area contributed by atoms with Gasteiger partial charge in [-0.25, -0.2) is 4.79 Å². The molecule has 0 aliphatic rings. The van der Waals surface area contributed by atoms with Crippen LogP contribution in [-0.4, -0.2) is 19.5 Å². The van der Waals surface area contributed by atoms with E-state index >= 15 is 0 Å². The molecule has 0 unspecified atom stereocenters. The first-order valence-electron chi connectivity index (χ1n) is 8.69. The average Bonchev–Trinajstić information content (AvgIpc) is 3.13. The Bertz CT molecular complexity index is 1250. The van der Waals surface area contributed by atoms with E-state index in [1.165, 1.54) is 6.20 Å². The number of aryl methyl sites for hydroxylation is 1. The number of H-pyrrole nitrogens is 2. The van der Waals surface area contributed by atoms with Gasteiger partial charge in [0, 0.05) is 58.7 Å². The Morgan fingerprint density at radius 2 is 1.86 bits per heavy atom. The van der Waals surface area contributed by atoms with Gasteiger partial charge in [-0.05, 0) is 36.8 Å². The second-order valence-corrected chi connectivity index (χ2v) is 6.98. The van der Waals surface area contributed by atoms with Gasteiger partial charge in [0.25, 0.3) is 5.56 Å². The van der Waals surface area contributed by atoms with Crippen LogP contribution < -0.4 is 11.2 Å². The molecule has 0 saturated carbocycles. The first-order chi connectivity index (χ1) is 13.5. The summed E-state index contributed by atoms with van der Waals surface area (Å²) in [5, 5.41) is 0.715. The molecule has 7 heteroatoms. The van der Waals surface area contributed by atoms with Gasteiger partial charge < -0.3 is 9.55 Å². The van der Waals surface area contributed by atoms with Gasteiger partial charge in [-0.3, -0.25) is 14.8 Å². The number of aromatic nitrogens is 4. The van der Waals surface area contributed by atoms with Crippen molar-refractivity contribution in [2.24, 2.45) is 0 Å². The SMILES string of the molecule is Cc1ncc(-c2c[nH]c(=O)[nH]c2=O)cc1-c1ccn(Cc2ccc(Cl)cc2)c1. The van der Waals surface area contributed by atoms with Crippen molar-refractivity contribution >= 4 is 11.6 Å². The molecular formula is C21H17ClN4O2. The monoisotopic (exact) mass is 392 g/mol. The standard InChI is InChI=1S/C21H17ClN4O2/c1-13-18(8-16(9-23-13)19-10-24-21(28)25-20(19)27)15-6-7-26(12-15)11-14-2-4-17(22)5-3-14/h2-10,12H,11H2,1H3,(H2,24,25,27,28). The summed E-state index contributed by atoms with van der Waals surface area (Å²) < 4.78 is 2.08. The molecule has 0 amide bonds. The third kappa shape index (κ3) is 3.68. The van der Waals surface area contributed by atoms with Crippen LogP contribution in [0.4, 0.5) is 0 Å². The smallest absolute Gasteiger partial charge is 0.325 e. The van der Waals surface area contributed by atoms with E-state index in [1.54, 1.807) is 6.20 Å². The van der Waals surface area contributed by atoms with E-state index in [9.17, 15) is 9.59 Å². The van der Waals surface area contributed by atoms with E-state index in [0.29, 0.717) is 16.1 Å². The summed E-state index contributed by atoms with van der Waals surface area (Å²) >= 11 is 5.94. The number of rotatable bonds is 4. The summed E-state index contributed by atoms with van der Waals surface area (Å²) in [7, 11) is 0. The van der Waals surface area contributed by atoms with Gasteiger partial charge in [0.05, 0.1) is 5.56 Å². The molecule has 0 spiro atoms. The maximum Gasteiger partial charge on any atom is 0.325 e. The van der Waals surface area contributed by atoms with Gasteiger partial charge >= 0.3 is 5.69 Å². The van der Waals surface area contributed by atoms with Gasteiger partial charge in [0.2, 0.25) is 0 Å². The largest absolute Gasteiger partial charge is 0.349 e. The molecule has 4 aromatic rings. The Morgan fingerprint density at radius 3 is 2.61 bits per heavy atom. The van der Waals surface area contributed by atoms with Crippen LogP contribution in [0, 0.1) is 6.92 Å². The lowest BCUT2D eigenvalue weighted by Crippen LogP contribution is -2.22. The molecule has 1 aromatic carbocycles. The first-order valence-corrected chi connectivity index (χ1v) is 9.07. The number of nitrogens with zero attached hydrogens (tertiary/aromatic N) is 2. The van der Waals surface area contributed by atoms with Crippen molar-refractivity contribution in [2.45, 2.75) is 13.5 Å². The summed E-state index contributed by atoms with van der Waals surface area (Å²) in [4.78, 5) is 32.5. The van der Waals surface area contributed by atoms with Crippen LogP contribution in [0.3, 0.4) is 0 Å². The molecule has 2 N–H and O–H groups in total. The lowest BCUT2D eigenvalue weighted by Gasteiger charge is -2.07. The predicted octanol–water partition coefficient (Wildman–Crippen LogP) is 3.60. The first kappa shape index (κ1) is 18.0. The highest BCUT2D eigenvalue weighted by Crippen LogP contribution is 2.27. The van der Waals surface area contributed by atoms with Crippen molar-refractivity contribution in [1.82, 2.24) is 19.5 Å². The number of hydrogen-bond acceptors (Lipinski definition) is 3. The zero-order valence-corrected chi connectivity index (χ0v) is 15.8. The third-order valence-electron chi connectivity index (χ3n) is 4.56. The molecule has 0 bridgehead atoms. The fourth-order valence-corrected chi connectivity index (χ4v) is 3.22. The Labute approximate surface area is 165 Å². The maximum atomic E-state index is 12.1. The van der Waals surface area contributed by atoms with Crippen LogP contribution in [0.5, 0.6) is 0 Å². The summed E-state index contributed by atoms with van der Waals surface area (Å²) in [6.45, 7) is 2.65. The Balaban J connectivity index is 1.68. The molecule has 3 heterocycles. The minimum Gasteiger partial charge on any atom is -0.349 e. The number of hydrogen-bond donors (Lipinski definition) is 2. The molecule has 140 valence electrons. The van der Waals surface area contributed by atoms with Crippen molar-refractivity contribution in [3.63, 3.8) is 0 Å². The summed E-state index contributed by atoms with van der Waals surface area (Å²) in [6, 6.07) is 11.7. The summed E-state index contributed by atoms with van der Waals surface area (Å²) in [6.07, 6.45) is 7.08. The molecule has 0 saturated heterocycles. The lowest BCUT2D eigenvalue weighted by atomic mass is 10.0. The van der Waals surface area contributed by atoms with Crippen molar-refractivity contribution < 1.29 is 0 Å². The molecular weight excluding hydrogens is 376 g/mol. The lowest BCUT2D eigenvalue weighted by molar-refractivity contribution is 0.807. The second kappa shape index (κ2) is 7.32.